The van der Waals surface area contributed by atoms with Crippen molar-refractivity contribution in [2.24, 2.45) is 0 Å². The van der Waals surface area contributed by atoms with E-state index in [1.165, 1.54) is 38.8 Å². The average Bonchev–Trinajstić information content (AvgIpc) is 2.76. The zero-order valence-electron chi connectivity index (χ0n) is 12.4. The van der Waals surface area contributed by atoms with E-state index >= 15 is 0 Å². The zero-order valence-corrected chi connectivity index (χ0v) is 12.4. The van der Waals surface area contributed by atoms with E-state index in [9.17, 15) is 4.79 Å². The smallest absolute Gasteiger partial charge is 0.257 e. The molecule has 21 heavy (non-hydrogen) atoms. The lowest BCUT2D eigenvalue weighted by Crippen LogP contribution is -2.30. The third kappa shape index (κ3) is 3.64. The maximum absolute atomic E-state index is 12.0. The summed E-state index contributed by atoms with van der Waals surface area (Å²) in [7, 11) is 0. The molecule has 1 aliphatic rings. The van der Waals surface area contributed by atoms with Crippen LogP contribution in [0.25, 0.3) is 10.8 Å². The number of aromatic amines is 1. The van der Waals surface area contributed by atoms with Crippen LogP contribution in [0.5, 0.6) is 0 Å². The van der Waals surface area contributed by atoms with Crippen LogP contribution < -0.4 is 10.9 Å². The van der Waals surface area contributed by atoms with Crippen LogP contribution in [0.1, 0.15) is 25.7 Å². The molecule has 0 aliphatic carbocycles. The molecule has 4 nitrogen and oxygen atoms in total. The van der Waals surface area contributed by atoms with Gasteiger partial charge in [-0.1, -0.05) is 31.0 Å². The van der Waals surface area contributed by atoms with Crippen molar-refractivity contribution in [3.05, 3.63) is 40.7 Å². The fourth-order valence-corrected chi connectivity index (χ4v) is 3.01. The molecular formula is C17H23N3O. The Morgan fingerprint density at radius 3 is 2.67 bits per heavy atom. The third-order valence-corrected chi connectivity index (χ3v) is 4.20. The molecule has 0 radical (unpaired) electrons. The van der Waals surface area contributed by atoms with Crippen molar-refractivity contribution in [1.29, 1.82) is 0 Å². The van der Waals surface area contributed by atoms with Gasteiger partial charge in [-0.25, -0.2) is 0 Å². The summed E-state index contributed by atoms with van der Waals surface area (Å²) in [4.78, 5) is 17.4. The van der Waals surface area contributed by atoms with Crippen molar-refractivity contribution >= 4 is 16.6 Å². The Hall–Kier alpha value is -1.81. The van der Waals surface area contributed by atoms with Crippen LogP contribution in [0.4, 0.5) is 5.82 Å². The number of nitrogens with one attached hydrogen (secondary N) is 2. The van der Waals surface area contributed by atoms with Crippen LogP contribution in [0, 0.1) is 0 Å². The predicted octanol–water partition coefficient (Wildman–Crippen LogP) is 2.82. The first-order valence-corrected chi connectivity index (χ1v) is 7.91. The normalized spacial score (nSPS) is 16.8. The molecule has 0 bridgehead atoms. The SMILES string of the molecule is O=c1[nH]c(NCCN2CCCCCC2)cc2ccccc12. The lowest BCUT2D eigenvalue weighted by atomic mass is 10.2. The number of hydrogen-bond acceptors (Lipinski definition) is 3. The number of pyridine rings is 1. The molecule has 1 aromatic carbocycles. The Balaban J connectivity index is 1.61. The van der Waals surface area contributed by atoms with Crippen molar-refractivity contribution in [3.8, 4) is 0 Å². The van der Waals surface area contributed by atoms with Crippen molar-refractivity contribution in [2.45, 2.75) is 25.7 Å². The molecular weight excluding hydrogens is 262 g/mol. The third-order valence-electron chi connectivity index (χ3n) is 4.20. The molecule has 0 unspecified atom stereocenters. The highest BCUT2D eigenvalue weighted by atomic mass is 16.1. The molecule has 1 fully saturated rings. The molecule has 0 spiro atoms. The number of H-pyrrole nitrogens is 1. The summed E-state index contributed by atoms with van der Waals surface area (Å²) in [5.41, 5.74) is -0.0228. The second-order valence-electron chi connectivity index (χ2n) is 5.78. The van der Waals surface area contributed by atoms with Gasteiger partial charge in [0.2, 0.25) is 0 Å². The molecule has 0 amide bonds. The number of rotatable bonds is 4. The van der Waals surface area contributed by atoms with Gasteiger partial charge in [0.15, 0.2) is 0 Å². The van der Waals surface area contributed by atoms with Crippen LogP contribution in [0.3, 0.4) is 0 Å². The first-order valence-electron chi connectivity index (χ1n) is 7.91. The molecule has 1 aliphatic heterocycles. The summed E-state index contributed by atoms with van der Waals surface area (Å²) in [6.45, 7) is 4.31. The quantitative estimate of drug-likeness (QED) is 0.908. The molecule has 1 aromatic heterocycles. The number of benzene rings is 1. The maximum Gasteiger partial charge on any atom is 0.257 e. The topological polar surface area (TPSA) is 48.1 Å². The largest absolute Gasteiger partial charge is 0.370 e. The number of anilines is 1. The second kappa shape index (κ2) is 6.76. The molecule has 1 saturated heterocycles. The standard InChI is InChI=1S/C17H23N3O/c21-17-15-8-4-3-7-14(15)13-16(19-17)18-9-12-20-10-5-1-2-6-11-20/h3-4,7-8,13H,1-2,5-6,9-12H2,(H2,18,19,21). The van der Waals surface area contributed by atoms with Crippen molar-refractivity contribution in [1.82, 2.24) is 9.88 Å². The minimum absolute atomic E-state index is 0.0228. The van der Waals surface area contributed by atoms with Gasteiger partial charge in [0.1, 0.15) is 5.82 Å². The number of hydrogen-bond donors (Lipinski definition) is 2. The van der Waals surface area contributed by atoms with Gasteiger partial charge in [-0.3, -0.25) is 4.79 Å². The monoisotopic (exact) mass is 285 g/mol. The number of fused-ring (bicyclic) bond motifs is 1. The molecule has 2 N–H and O–H groups in total. The van der Waals surface area contributed by atoms with Crippen LogP contribution >= 0.6 is 0 Å². The van der Waals surface area contributed by atoms with E-state index in [0.29, 0.717) is 0 Å². The Bertz CT molecular complexity index is 642. The van der Waals surface area contributed by atoms with Crippen LogP contribution in [0.2, 0.25) is 0 Å². The van der Waals surface area contributed by atoms with E-state index in [0.717, 1.165) is 29.7 Å². The van der Waals surface area contributed by atoms with Gasteiger partial charge in [-0.15, -0.1) is 0 Å². The maximum atomic E-state index is 12.0. The first-order chi connectivity index (χ1) is 10.3. The molecule has 3 rings (SSSR count). The number of likely N-dealkylation sites (tertiary alicyclic amines) is 1. The van der Waals surface area contributed by atoms with E-state index < -0.39 is 0 Å². The van der Waals surface area contributed by atoms with Gasteiger partial charge in [0.05, 0.1) is 0 Å². The molecule has 112 valence electrons. The molecule has 0 atom stereocenters. The second-order valence-corrected chi connectivity index (χ2v) is 5.78. The first kappa shape index (κ1) is 14.1. The molecule has 4 heteroatoms. The fourth-order valence-electron chi connectivity index (χ4n) is 3.01. The van der Waals surface area contributed by atoms with Crippen molar-refractivity contribution in [2.75, 3.05) is 31.5 Å². The summed E-state index contributed by atoms with van der Waals surface area (Å²) < 4.78 is 0. The highest BCUT2D eigenvalue weighted by Gasteiger charge is 2.08. The number of aromatic nitrogens is 1. The predicted molar refractivity (Wildman–Crippen MR) is 88.0 cm³/mol. The minimum Gasteiger partial charge on any atom is -0.370 e. The highest BCUT2D eigenvalue weighted by Crippen LogP contribution is 2.13. The van der Waals surface area contributed by atoms with Gasteiger partial charge in [0.25, 0.3) is 5.56 Å². The van der Waals surface area contributed by atoms with E-state index in [4.69, 9.17) is 0 Å². The van der Waals surface area contributed by atoms with E-state index in [1.54, 1.807) is 0 Å². The van der Waals surface area contributed by atoms with Gasteiger partial charge in [0, 0.05) is 18.5 Å². The minimum atomic E-state index is -0.0228. The van der Waals surface area contributed by atoms with E-state index in [2.05, 4.69) is 15.2 Å². The lowest BCUT2D eigenvalue weighted by Gasteiger charge is -2.20. The summed E-state index contributed by atoms with van der Waals surface area (Å²) in [5, 5.41) is 5.08. The Kier molecular flexibility index (Phi) is 4.55. The van der Waals surface area contributed by atoms with E-state index in [-0.39, 0.29) is 5.56 Å². The summed E-state index contributed by atoms with van der Waals surface area (Å²) >= 11 is 0. The molecule has 0 saturated carbocycles. The van der Waals surface area contributed by atoms with Gasteiger partial charge < -0.3 is 15.2 Å². The summed E-state index contributed by atoms with van der Waals surface area (Å²) in [5.74, 6) is 0.813. The highest BCUT2D eigenvalue weighted by molar-refractivity contribution is 5.83. The number of nitrogens with zero attached hydrogens (tertiary/aromatic N) is 1. The van der Waals surface area contributed by atoms with Gasteiger partial charge in [-0.2, -0.15) is 0 Å². The van der Waals surface area contributed by atoms with Gasteiger partial charge in [-0.05, 0) is 43.5 Å². The summed E-state index contributed by atoms with van der Waals surface area (Å²) in [6.07, 6.45) is 5.35. The molecule has 2 heterocycles. The van der Waals surface area contributed by atoms with Crippen LogP contribution in [0.15, 0.2) is 35.1 Å². The lowest BCUT2D eigenvalue weighted by molar-refractivity contribution is 0.296. The Morgan fingerprint density at radius 2 is 1.86 bits per heavy atom. The summed E-state index contributed by atoms with van der Waals surface area (Å²) in [6, 6.07) is 9.70. The van der Waals surface area contributed by atoms with E-state index in [1.807, 2.05) is 30.3 Å². The van der Waals surface area contributed by atoms with Gasteiger partial charge >= 0.3 is 0 Å². The van der Waals surface area contributed by atoms with Crippen LogP contribution in [-0.4, -0.2) is 36.1 Å². The Morgan fingerprint density at radius 1 is 1.10 bits per heavy atom. The van der Waals surface area contributed by atoms with Crippen molar-refractivity contribution in [3.63, 3.8) is 0 Å². The molecule has 2 aromatic rings. The van der Waals surface area contributed by atoms with Crippen LogP contribution in [-0.2, 0) is 0 Å². The average molecular weight is 285 g/mol. The fraction of sp³-hybridized carbons (Fsp3) is 0.471. The van der Waals surface area contributed by atoms with Crippen molar-refractivity contribution < 1.29 is 0 Å². The zero-order chi connectivity index (χ0) is 14.5. The Labute approximate surface area is 125 Å².